The van der Waals surface area contributed by atoms with Gasteiger partial charge in [-0.1, -0.05) is 42.5 Å². The fourth-order valence-electron chi connectivity index (χ4n) is 2.07. The fourth-order valence-corrected chi connectivity index (χ4v) is 2.07. The summed E-state index contributed by atoms with van der Waals surface area (Å²) < 4.78 is 4.65. The van der Waals surface area contributed by atoms with Crippen LogP contribution >= 0.6 is 0 Å². The molecular weight excluding hydrogens is 266 g/mol. The van der Waals surface area contributed by atoms with Gasteiger partial charge >= 0.3 is 5.97 Å². The number of benzene rings is 2. The third-order valence-corrected chi connectivity index (χ3v) is 3.07. The summed E-state index contributed by atoms with van der Waals surface area (Å²) in [5.41, 5.74) is 1.22. The maximum absolute atomic E-state index is 11.6. The van der Waals surface area contributed by atoms with Gasteiger partial charge in [-0.3, -0.25) is 4.79 Å². The molecule has 21 heavy (non-hydrogen) atoms. The van der Waals surface area contributed by atoms with Crippen LogP contribution < -0.4 is 5.32 Å². The van der Waals surface area contributed by atoms with Gasteiger partial charge < -0.3 is 10.1 Å². The van der Waals surface area contributed by atoms with Crippen molar-refractivity contribution in [3.63, 3.8) is 0 Å². The molecule has 0 fully saturated rings. The molecule has 2 aromatic rings. The molecule has 4 heteroatoms. The number of ether oxygens (including phenoxy) is 1. The van der Waals surface area contributed by atoms with Crippen LogP contribution in [0, 0.1) is 0 Å². The number of esters is 1. The second kappa shape index (κ2) is 6.70. The Labute approximate surface area is 123 Å². The van der Waals surface area contributed by atoms with Gasteiger partial charge in [-0.05, 0) is 28.8 Å². The summed E-state index contributed by atoms with van der Waals surface area (Å²) in [5, 5.41) is 4.79. The van der Waals surface area contributed by atoms with E-state index >= 15 is 0 Å². The molecule has 0 unspecified atom stereocenters. The Morgan fingerprint density at radius 1 is 1.14 bits per heavy atom. The number of carbonyl (C=O) groups excluding carboxylic acids is 2. The summed E-state index contributed by atoms with van der Waals surface area (Å²) >= 11 is 0. The zero-order valence-electron chi connectivity index (χ0n) is 12.1. The van der Waals surface area contributed by atoms with Gasteiger partial charge in [0.05, 0.1) is 7.11 Å². The highest BCUT2D eigenvalue weighted by molar-refractivity contribution is 5.93. The lowest BCUT2D eigenvalue weighted by Crippen LogP contribution is -2.25. The summed E-state index contributed by atoms with van der Waals surface area (Å²) in [6.45, 7) is 1.35. The zero-order valence-corrected chi connectivity index (χ0v) is 12.1. The van der Waals surface area contributed by atoms with Gasteiger partial charge in [-0.2, -0.15) is 0 Å². The number of hydrogen-bond donors (Lipinski definition) is 1. The number of carbonyl (C=O) groups is 2. The van der Waals surface area contributed by atoms with E-state index < -0.39 is 5.97 Å². The number of rotatable bonds is 4. The van der Waals surface area contributed by atoms with Crippen LogP contribution in [-0.2, 0) is 20.7 Å². The smallest absolute Gasteiger partial charge is 0.354 e. The molecular formula is C17H17NO3. The standard InChI is InChI=1S/C17H17NO3/c1-12(19)18-16(17(20)21-2)10-8-13-7-9-14-5-3-4-6-15(14)11-13/h3-7,9-11H,8H2,1-2H3,(H,18,19)/b16-10-. The van der Waals surface area contributed by atoms with E-state index in [-0.39, 0.29) is 11.6 Å². The van der Waals surface area contributed by atoms with E-state index in [1.54, 1.807) is 6.08 Å². The number of amides is 1. The Bertz CT molecular complexity index is 704. The molecule has 0 spiro atoms. The lowest BCUT2D eigenvalue weighted by molar-refractivity contribution is -0.137. The minimum Gasteiger partial charge on any atom is -0.464 e. The third-order valence-electron chi connectivity index (χ3n) is 3.07. The molecule has 0 aliphatic carbocycles. The summed E-state index contributed by atoms with van der Waals surface area (Å²) in [7, 11) is 1.29. The first-order valence-electron chi connectivity index (χ1n) is 6.64. The second-order valence-electron chi connectivity index (χ2n) is 4.68. The van der Waals surface area contributed by atoms with Crippen LogP contribution in [0.3, 0.4) is 0 Å². The number of nitrogens with one attached hydrogen (secondary N) is 1. The molecule has 0 atom stereocenters. The van der Waals surface area contributed by atoms with E-state index in [2.05, 4.69) is 16.1 Å². The monoisotopic (exact) mass is 283 g/mol. The van der Waals surface area contributed by atoms with Gasteiger partial charge in [-0.25, -0.2) is 4.79 Å². The first-order valence-corrected chi connectivity index (χ1v) is 6.64. The van der Waals surface area contributed by atoms with Crippen molar-refractivity contribution in [2.24, 2.45) is 0 Å². The fraction of sp³-hybridized carbons (Fsp3) is 0.176. The lowest BCUT2D eigenvalue weighted by Gasteiger charge is -2.06. The van der Waals surface area contributed by atoms with Crippen molar-refractivity contribution in [2.75, 3.05) is 7.11 Å². The van der Waals surface area contributed by atoms with E-state index in [1.165, 1.54) is 19.4 Å². The number of methoxy groups -OCH3 is 1. The Balaban J connectivity index is 2.22. The van der Waals surface area contributed by atoms with Crippen molar-refractivity contribution in [1.82, 2.24) is 5.32 Å². The van der Waals surface area contributed by atoms with Crippen LogP contribution in [0.4, 0.5) is 0 Å². The van der Waals surface area contributed by atoms with Crippen molar-refractivity contribution in [3.8, 4) is 0 Å². The molecule has 2 rings (SSSR count). The van der Waals surface area contributed by atoms with E-state index in [0.29, 0.717) is 6.42 Å². The second-order valence-corrected chi connectivity index (χ2v) is 4.68. The van der Waals surface area contributed by atoms with Gasteiger partial charge in [0.2, 0.25) is 5.91 Å². The van der Waals surface area contributed by atoms with Crippen LogP contribution in [0.15, 0.2) is 54.2 Å². The first-order chi connectivity index (χ1) is 10.1. The SMILES string of the molecule is COC(=O)/C(=C/Cc1ccc2ccccc2c1)NC(C)=O. The van der Waals surface area contributed by atoms with E-state index in [9.17, 15) is 9.59 Å². The van der Waals surface area contributed by atoms with Gasteiger partial charge in [0.25, 0.3) is 0 Å². The molecule has 1 N–H and O–H groups in total. The Morgan fingerprint density at radius 2 is 1.86 bits per heavy atom. The van der Waals surface area contributed by atoms with Crippen molar-refractivity contribution in [3.05, 3.63) is 59.8 Å². The molecule has 4 nitrogen and oxygen atoms in total. The number of fused-ring (bicyclic) bond motifs is 1. The Hall–Kier alpha value is -2.62. The van der Waals surface area contributed by atoms with Crippen LogP contribution in [-0.4, -0.2) is 19.0 Å². The molecule has 108 valence electrons. The first kappa shape index (κ1) is 14.8. The predicted molar refractivity (Wildman–Crippen MR) is 81.6 cm³/mol. The normalized spacial score (nSPS) is 11.2. The van der Waals surface area contributed by atoms with Crippen LogP contribution in [0.5, 0.6) is 0 Å². The van der Waals surface area contributed by atoms with Crippen LogP contribution in [0.1, 0.15) is 12.5 Å². The molecule has 0 heterocycles. The molecule has 0 bridgehead atoms. The largest absolute Gasteiger partial charge is 0.464 e. The highest BCUT2D eigenvalue weighted by atomic mass is 16.5. The van der Waals surface area contributed by atoms with Gasteiger partial charge in [0, 0.05) is 6.92 Å². The van der Waals surface area contributed by atoms with Gasteiger partial charge in [-0.15, -0.1) is 0 Å². The number of allylic oxidation sites excluding steroid dienone is 1. The molecule has 1 amide bonds. The summed E-state index contributed by atoms with van der Waals surface area (Å²) in [6, 6.07) is 14.2. The van der Waals surface area contributed by atoms with E-state index in [0.717, 1.165) is 10.9 Å². The summed E-state index contributed by atoms with van der Waals surface area (Å²) in [6.07, 6.45) is 2.20. The van der Waals surface area contributed by atoms with Gasteiger partial charge in [0.1, 0.15) is 5.70 Å². The molecule has 0 saturated heterocycles. The molecule has 2 aromatic carbocycles. The molecule has 0 aromatic heterocycles. The Morgan fingerprint density at radius 3 is 2.52 bits per heavy atom. The molecule has 0 radical (unpaired) electrons. The minimum absolute atomic E-state index is 0.165. The van der Waals surface area contributed by atoms with Gasteiger partial charge in [0.15, 0.2) is 0 Å². The van der Waals surface area contributed by atoms with E-state index in [1.807, 2.05) is 36.4 Å². The predicted octanol–water partition coefficient (Wildman–Crippen LogP) is 2.58. The topological polar surface area (TPSA) is 55.4 Å². The lowest BCUT2D eigenvalue weighted by atomic mass is 10.0. The molecule has 0 aliphatic heterocycles. The Kier molecular flexibility index (Phi) is 4.72. The number of hydrogen-bond acceptors (Lipinski definition) is 3. The van der Waals surface area contributed by atoms with Crippen molar-refractivity contribution in [1.29, 1.82) is 0 Å². The average Bonchev–Trinajstić information content (AvgIpc) is 2.50. The third kappa shape index (κ3) is 3.92. The van der Waals surface area contributed by atoms with Crippen LogP contribution in [0.25, 0.3) is 10.8 Å². The zero-order chi connectivity index (χ0) is 15.2. The summed E-state index contributed by atoms with van der Waals surface area (Å²) in [5.74, 6) is -0.851. The average molecular weight is 283 g/mol. The van der Waals surface area contributed by atoms with E-state index in [4.69, 9.17) is 0 Å². The molecule has 0 saturated carbocycles. The highest BCUT2D eigenvalue weighted by Gasteiger charge is 2.10. The quantitative estimate of drug-likeness (QED) is 0.693. The van der Waals surface area contributed by atoms with Crippen molar-refractivity contribution < 1.29 is 14.3 Å². The van der Waals surface area contributed by atoms with Crippen molar-refractivity contribution >= 4 is 22.6 Å². The summed E-state index contributed by atoms with van der Waals surface area (Å²) in [4.78, 5) is 22.7. The maximum Gasteiger partial charge on any atom is 0.354 e. The minimum atomic E-state index is -0.550. The molecule has 0 aliphatic rings. The highest BCUT2D eigenvalue weighted by Crippen LogP contribution is 2.16. The van der Waals surface area contributed by atoms with Crippen molar-refractivity contribution in [2.45, 2.75) is 13.3 Å². The maximum atomic E-state index is 11.6. The van der Waals surface area contributed by atoms with Crippen LogP contribution in [0.2, 0.25) is 0 Å².